The summed E-state index contributed by atoms with van der Waals surface area (Å²) in [6.45, 7) is 0.792. The summed E-state index contributed by atoms with van der Waals surface area (Å²) in [7, 11) is 3.30. The average Bonchev–Trinajstić information content (AvgIpc) is 2.77. The summed E-state index contributed by atoms with van der Waals surface area (Å²) in [5, 5.41) is 0. The summed E-state index contributed by atoms with van der Waals surface area (Å²) in [6.07, 6.45) is 3.71. The van der Waals surface area contributed by atoms with Gasteiger partial charge in [0.05, 0.1) is 19.7 Å². The summed E-state index contributed by atoms with van der Waals surface area (Å²) in [5.74, 6) is -0.238. The van der Waals surface area contributed by atoms with E-state index in [-0.39, 0.29) is 24.5 Å². The van der Waals surface area contributed by atoms with Gasteiger partial charge in [0.15, 0.2) is 0 Å². The number of rotatable bonds is 4. The molecule has 1 heterocycles. The molecule has 0 aromatic heterocycles. The molecule has 2 aromatic carbocycles. The molecule has 0 saturated heterocycles. The first-order valence-electron chi connectivity index (χ1n) is 10.3. The number of amides is 1. The first kappa shape index (κ1) is 19.6. The Labute approximate surface area is 172 Å². The maximum absolute atomic E-state index is 13.2. The zero-order chi connectivity index (χ0) is 20.4. The molecule has 5 heteroatoms. The number of ether oxygens (including phenoxy) is 1. The van der Waals surface area contributed by atoms with Crippen LogP contribution in [-0.2, 0) is 33.7 Å². The summed E-state index contributed by atoms with van der Waals surface area (Å²) < 4.78 is 5.03. The fraction of sp³-hybridized carbons (Fsp3) is 0.417. The third kappa shape index (κ3) is 3.92. The molecule has 4 rings (SSSR count). The van der Waals surface area contributed by atoms with Gasteiger partial charge in [-0.1, -0.05) is 48.5 Å². The molecule has 0 spiro atoms. The van der Waals surface area contributed by atoms with Crippen LogP contribution in [0, 0.1) is 0 Å². The number of nitrogens with zero attached hydrogens (tertiary/aromatic N) is 2. The molecule has 0 bridgehead atoms. The van der Waals surface area contributed by atoms with Crippen LogP contribution < -0.4 is 0 Å². The normalized spacial score (nSPS) is 21.0. The zero-order valence-corrected chi connectivity index (χ0v) is 17.1. The van der Waals surface area contributed by atoms with Crippen molar-refractivity contribution in [2.24, 2.45) is 0 Å². The zero-order valence-electron chi connectivity index (χ0n) is 17.1. The number of methoxy groups -OCH3 is 1. The second-order valence-corrected chi connectivity index (χ2v) is 8.03. The van der Waals surface area contributed by atoms with Crippen molar-refractivity contribution < 1.29 is 14.3 Å². The quantitative estimate of drug-likeness (QED) is 0.750. The predicted molar refractivity (Wildman–Crippen MR) is 111 cm³/mol. The molecule has 152 valence electrons. The first-order valence-corrected chi connectivity index (χ1v) is 10.3. The molecule has 1 aliphatic heterocycles. The van der Waals surface area contributed by atoms with E-state index >= 15 is 0 Å². The Kier molecular flexibility index (Phi) is 5.67. The minimum Gasteiger partial charge on any atom is -0.468 e. The summed E-state index contributed by atoms with van der Waals surface area (Å²) >= 11 is 0. The smallest absolute Gasteiger partial charge is 0.323 e. The molecule has 1 amide bonds. The van der Waals surface area contributed by atoms with Gasteiger partial charge in [-0.15, -0.1) is 0 Å². The van der Waals surface area contributed by atoms with Crippen LogP contribution in [0.25, 0.3) is 0 Å². The van der Waals surface area contributed by atoms with Crippen molar-refractivity contribution in [3.8, 4) is 0 Å². The second-order valence-electron chi connectivity index (χ2n) is 8.03. The fourth-order valence-electron chi connectivity index (χ4n) is 4.70. The molecule has 1 aliphatic carbocycles. The summed E-state index contributed by atoms with van der Waals surface area (Å²) in [5.41, 5.74) is 4.91. The van der Waals surface area contributed by atoms with E-state index in [2.05, 4.69) is 30.3 Å². The highest BCUT2D eigenvalue weighted by Gasteiger charge is 2.35. The second kappa shape index (κ2) is 8.37. The molecule has 0 radical (unpaired) electrons. The van der Waals surface area contributed by atoms with Crippen molar-refractivity contribution in [3.05, 3.63) is 70.8 Å². The van der Waals surface area contributed by atoms with Gasteiger partial charge in [0.25, 0.3) is 0 Å². The largest absolute Gasteiger partial charge is 0.468 e. The maximum Gasteiger partial charge on any atom is 0.323 e. The highest BCUT2D eigenvalue weighted by Crippen LogP contribution is 2.34. The minimum atomic E-state index is -0.425. The van der Waals surface area contributed by atoms with Crippen LogP contribution in [0.3, 0.4) is 0 Å². The molecular weight excluding hydrogens is 364 g/mol. The number of esters is 1. The van der Waals surface area contributed by atoms with Crippen LogP contribution in [0.2, 0.25) is 0 Å². The van der Waals surface area contributed by atoms with Crippen molar-refractivity contribution in [2.45, 2.75) is 44.3 Å². The van der Waals surface area contributed by atoms with E-state index in [0.717, 1.165) is 24.8 Å². The van der Waals surface area contributed by atoms with Gasteiger partial charge in [-0.3, -0.25) is 14.5 Å². The van der Waals surface area contributed by atoms with Crippen LogP contribution >= 0.6 is 0 Å². The van der Waals surface area contributed by atoms with E-state index in [9.17, 15) is 9.59 Å². The van der Waals surface area contributed by atoms with Crippen LogP contribution in [0.15, 0.2) is 48.5 Å². The number of hydrogen-bond donors (Lipinski definition) is 0. The molecule has 29 heavy (non-hydrogen) atoms. The van der Waals surface area contributed by atoms with E-state index in [4.69, 9.17) is 4.74 Å². The topological polar surface area (TPSA) is 49.9 Å². The fourth-order valence-corrected chi connectivity index (χ4v) is 4.70. The van der Waals surface area contributed by atoms with Crippen LogP contribution in [0.5, 0.6) is 0 Å². The van der Waals surface area contributed by atoms with Gasteiger partial charge in [0.1, 0.15) is 6.04 Å². The lowest BCUT2D eigenvalue weighted by Crippen LogP contribution is -2.50. The predicted octanol–water partition coefficient (Wildman–Crippen LogP) is 3.12. The Hall–Kier alpha value is -2.66. The molecule has 2 aliphatic rings. The number of benzene rings is 2. The van der Waals surface area contributed by atoms with Gasteiger partial charge < -0.3 is 9.64 Å². The monoisotopic (exact) mass is 392 g/mol. The standard InChI is InChI=1S/C24H28N2O3/c1-25(21-13-7-11-17-8-5-6-12-20(17)21)23(27)16-26-15-19-10-4-3-9-18(19)14-22(26)24(28)29-2/h3-6,8-10,12,21-22H,7,11,13-16H2,1-2H3. The van der Waals surface area contributed by atoms with Crippen molar-refractivity contribution in [3.63, 3.8) is 0 Å². The van der Waals surface area contributed by atoms with Crippen molar-refractivity contribution in [1.82, 2.24) is 9.80 Å². The Morgan fingerprint density at radius 3 is 2.52 bits per heavy atom. The third-order valence-electron chi connectivity index (χ3n) is 6.36. The number of carbonyl (C=O) groups is 2. The first-order chi connectivity index (χ1) is 14.1. The number of fused-ring (bicyclic) bond motifs is 2. The van der Waals surface area contributed by atoms with E-state index in [1.54, 1.807) is 0 Å². The van der Waals surface area contributed by atoms with E-state index in [1.165, 1.54) is 23.8 Å². The SMILES string of the molecule is COC(=O)C1Cc2ccccc2CN1CC(=O)N(C)C1CCCc2ccccc21. The van der Waals surface area contributed by atoms with Gasteiger partial charge >= 0.3 is 5.97 Å². The molecular formula is C24H28N2O3. The number of likely N-dealkylation sites (N-methyl/N-ethyl adjacent to an activating group) is 1. The number of carbonyl (C=O) groups excluding carboxylic acids is 2. The number of aryl methyl sites for hydroxylation is 1. The van der Waals surface area contributed by atoms with Crippen LogP contribution in [0.4, 0.5) is 0 Å². The lowest BCUT2D eigenvalue weighted by molar-refractivity contribution is -0.149. The van der Waals surface area contributed by atoms with E-state index in [0.29, 0.717) is 13.0 Å². The van der Waals surface area contributed by atoms with Crippen molar-refractivity contribution in [1.29, 1.82) is 0 Å². The Morgan fingerprint density at radius 2 is 1.76 bits per heavy atom. The van der Waals surface area contributed by atoms with Gasteiger partial charge in [-0.05, 0) is 47.9 Å². The molecule has 0 N–H and O–H groups in total. The Bertz CT molecular complexity index is 911. The summed E-state index contributed by atoms with van der Waals surface area (Å²) in [4.78, 5) is 29.5. The van der Waals surface area contributed by atoms with Crippen molar-refractivity contribution in [2.75, 3.05) is 20.7 Å². The van der Waals surface area contributed by atoms with Gasteiger partial charge in [0.2, 0.25) is 5.91 Å². The van der Waals surface area contributed by atoms with E-state index < -0.39 is 6.04 Å². The summed E-state index contributed by atoms with van der Waals surface area (Å²) in [6, 6.07) is 16.2. The molecule has 5 nitrogen and oxygen atoms in total. The highest BCUT2D eigenvalue weighted by atomic mass is 16.5. The molecule has 0 fully saturated rings. The van der Waals surface area contributed by atoms with Crippen molar-refractivity contribution >= 4 is 11.9 Å². The van der Waals surface area contributed by atoms with E-state index in [1.807, 2.05) is 35.0 Å². The number of hydrogen-bond acceptors (Lipinski definition) is 4. The molecule has 2 unspecified atom stereocenters. The average molecular weight is 392 g/mol. The third-order valence-corrected chi connectivity index (χ3v) is 6.36. The highest BCUT2D eigenvalue weighted by molar-refractivity contribution is 5.81. The minimum absolute atomic E-state index is 0.0417. The van der Waals surface area contributed by atoms with Gasteiger partial charge in [-0.25, -0.2) is 0 Å². The van der Waals surface area contributed by atoms with Gasteiger partial charge in [0, 0.05) is 13.6 Å². The Balaban J connectivity index is 1.53. The maximum atomic E-state index is 13.2. The van der Waals surface area contributed by atoms with Gasteiger partial charge in [-0.2, -0.15) is 0 Å². The van der Waals surface area contributed by atoms with Crippen LogP contribution in [0.1, 0.15) is 41.1 Å². The molecule has 2 aromatic rings. The molecule has 0 saturated carbocycles. The lowest BCUT2D eigenvalue weighted by Gasteiger charge is -2.38. The Morgan fingerprint density at radius 1 is 1.07 bits per heavy atom. The van der Waals surface area contributed by atoms with Crippen LogP contribution in [-0.4, -0.2) is 48.4 Å². The molecule has 2 atom stereocenters. The lowest BCUT2D eigenvalue weighted by atomic mass is 9.87.